The van der Waals surface area contributed by atoms with Crippen LogP contribution in [-0.2, 0) is 4.79 Å². The van der Waals surface area contributed by atoms with Gasteiger partial charge < -0.3 is 20.0 Å². The summed E-state index contributed by atoms with van der Waals surface area (Å²) in [5.74, 6) is 1.30. The predicted molar refractivity (Wildman–Crippen MR) is 105 cm³/mol. The van der Waals surface area contributed by atoms with Crippen LogP contribution in [0.4, 0.5) is 5.69 Å². The average Bonchev–Trinajstić information content (AvgIpc) is 3.39. The average molecular weight is 356 g/mol. The first kappa shape index (κ1) is 15.5. The van der Waals surface area contributed by atoms with Gasteiger partial charge in [-0.3, -0.25) is 4.79 Å². The van der Waals surface area contributed by atoms with Crippen molar-refractivity contribution in [3.63, 3.8) is 0 Å². The summed E-state index contributed by atoms with van der Waals surface area (Å²) in [5, 5.41) is 2.92. The number of fused-ring (bicyclic) bond motifs is 3. The minimum Gasteiger partial charge on any atom is -0.495 e. The van der Waals surface area contributed by atoms with Gasteiger partial charge >= 0.3 is 0 Å². The molecule has 1 aliphatic heterocycles. The number of carbonyl (C=O) groups excluding carboxylic acids is 1. The van der Waals surface area contributed by atoms with Gasteiger partial charge in [0.05, 0.1) is 35.1 Å². The van der Waals surface area contributed by atoms with Crippen molar-refractivity contribution in [2.24, 2.45) is 0 Å². The molecule has 0 unspecified atom stereocenters. The van der Waals surface area contributed by atoms with Gasteiger partial charge in [-0.25, -0.2) is 4.98 Å². The molecule has 132 valence electrons. The first-order chi connectivity index (χ1) is 13.2. The molecular weight excluding hydrogens is 340 g/mol. The molecule has 1 amide bonds. The van der Waals surface area contributed by atoms with Crippen LogP contribution >= 0.6 is 0 Å². The van der Waals surface area contributed by atoms with Crippen LogP contribution in [0.5, 0.6) is 5.75 Å². The van der Waals surface area contributed by atoms with Gasteiger partial charge in [0.1, 0.15) is 11.6 Å². The number of aromatic amines is 2. The highest BCUT2D eigenvalue weighted by Crippen LogP contribution is 2.39. The Labute approximate surface area is 154 Å². The van der Waals surface area contributed by atoms with Crippen molar-refractivity contribution in [3.8, 4) is 17.1 Å². The fourth-order valence-corrected chi connectivity index (χ4v) is 3.43. The lowest BCUT2D eigenvalue weighted by molar-refractivity contribution is -0.110. The van der Waals surface area contributed by atoms with Crippen LogP contribution < -0.4 is 10.1 Å². The molecular formula is C21H16N4O2. The van der Waals surface area contributed by atoms with Crippen LogP contribution in [0.2, 0.25) is 0 Å². The van der Waals surface area contributed by atoms with E-state index < -0.39 is 0 Å². The summed E-state index contributed by atoms with van der Waals surface area (Å²) >= 11 is 0. The Hall–Kier alpha value is -3.80. The number of imidazole rings is 1. The van der Waals surface area contributed by atoms with E-state index in [-0.39, 0.29) is 5.91 Å². The number of aromatic nitrogens is 3. The number of rotatable bonds is 3. The lowest BCUT2D eigenvalue weighted by atomic mass is 10.0. The highest BCUT2D eigenvalue weighted by Gasteiger charge is 2.28. The van der Waals surface area contributed by atoms with Crippen LogP contribution in [0.1, 0.15) is 11.3 Å². The van der Waals surface area contributed by atoms with Gasteiger partial charge in [0.2, 0.25) is 0 Å². The second-order valence-corrected chi connectivity index (χ2v) is 6.31. The largest absolute Gasteiger partial charge is 0.495 e. The molecule has 0 saturated heterocycles. The smallest absolute Gasteiger partial charge is 0.256 e. The summed E-state index contributed by atoms with van der Waals surface area (Å²) in [7, 11) is 1.60. The summed E-state index contributed by atoms with van der Waals surface area (Å²) in [6, 6.07) is 15.6. The molecule has 27 heavy (non-hydrogen) atoms. The molecule has 2 aromatic carbocycles. The lowest BCUT2D eigenvalue weighted by Crippen LogP contribution is -2.03. The Bertz CT molecular complexity index is 1200. The molecule has 1 aliphatic rings. The minimum absolute atomic E-state index is 0.154. The van der Waals surface area contributed by atoms with Crippen molar-refractivity contribution < 1.29 is 9.53 Å². The third-order valence-electron chi connectivity index (χ3n) is 4.71. The summed E-state index contributed by atoms with van der Waals surface area (Å²) in [4.78, 5) is 23.8. The van der Waals surface area contributed by atoms with E-state index in [1.54, 1.807) is 19.4 Å². The molecule has 6 nitrogen and oxygen atoms in total. The van der Waals surface area contributed by atoms with Gasteiger partial charge in [-0.2, -0.15) is 0 Å². The Kier molecular flexibility index (Phi) is 3.36. The highest BCUT2D eigenvalue weighted by molar-refractivity contribution is 6.37. The summed E-state index contributed by atoms with van der Waals surface area (Å²) in [6.07, 6.45) is 3.58. The lowest BCUT2D eigenvalue weighted by Gasteiger charge is -2.01. The highest BCUT2D eigenvalue weighted by atomic mass is 16.5. The van der Waals surface area contributed by atoms with Gasteiger partial charge in [-0.1, -0.05) is 30.3 Å². The molecule has 3 heterocycles. The molecule has 0 saturated carbocycles. The zero-order valence-electron chi connectivity index (χ0n) is 14.5. The third-order valence-corrected chi connectivity index (χ3v) is 4.71. The number of carbonyl (C=O) groups is 1. The van der Waals surface area contributed by atoms with Gasteiger partial charge in [-0.05, 0) is 24.3 Å². The van der Waals surface area contributed by atoms with Gasteiger partial charge in [0.25, 0.3) is 5.91 Å². The number of H-pyrrole nitrogens is 2. The van der Waals surface area contributed by atoms with Gasteiger partial charge in [0, 0.05) is 17.3 Å². The van der Waals surface area contributed by atoms with E-state index in [2.05, 4.69) is 15.3 Å². The van der Waals surface area contributed by atoms with Crippen LogP contribution in [0.3, 0.4) is 0 Å². The number of anilines is 1. The van der Waals surface area contributed by atoms with E-state index in [1.165, 1.54) is 0 Å². The van der Waals surface area contributed by atoms with Crippen LogP contribution in [-0.4, -0.2) is 28.0 Å². The predicted octanol–water partition coefficient (Wildman–Crippen LogP) is 4.06. The molecule has 4 aromatic rings. The number of hydrogen-bond acceptors (Lipinski definition) is 3. The molecule has 0 atom stereocenters. The number of nitrogens with one attached hydrogen (secondary N) is 3. The number of amides is 1. The zero-order chi connectivity index (χ0) is 18.4. The Balaban J connectivity index is 1.71. The van der Waals surface area contributed by atoms with E-state index in [1.807, 2.05) is 48.5 Å². The van der Waals surface area contributed by atoms with Crippen molar-refractivity contribution in [1.29, 1.82) is 0 Å². The SMILES string of the molecule is COc1cc[nH]c1C=C1C(=O)Nc2ccc3[nH]c(-c4ccccc4)nc3c21. The van der Waals surface area contributed by atoms with Crippen LogP contribution in [0.15, 0.2) is 54.7 Å². The fraction of sp³-hybridized carbons (Fsp3) is 0.0476. The van der Waals surface area contributed by atoms with Crippen molar-refractivity contribution in [3.05, 3.63) is 66.0 Å². The number of hydrogen-bond donors (Lipinski definition) is 3. The molecule has 0 radical (unpaired) electrons. The summed E-state index contributed by atoms with van der Waals surface area (Å²) < 4.78 is 5.34. The van der Waals surface area contributed by atoms with Crippen LogP contribution in [0, 0.1) is 0 Å². The monoisotopic (exact) mass is 356 g/mol. The second-order valence-electron chi connectivity index (χ2n) is 6.31. The number of methoxy groups -OCH3 is 1. The van der Waals surface area contributed by atoms with Crippen molar-refractivity contribution in [1.82, 2.24) is 15.0 Å². The number of ether oxygens (including phenoxy) is 1. The normalized spacial score (nSPS) is 14.6. The van der Waals surface area contributed by atoms with Gasteiger partial charge in [-0.15, -0.1) is 0 Å². The summed E-state index contributed by atoms with van der Waals surface area (Å²) in [5.41, 5.74) is 5.50. The molecule has 3 N–H and O–H groups in total. The first-order valence-corrected chi connectivity index (χ1v) is 8.57. The van der Waals surface area contributed by atoms with E-state index >= 15 is 0 Å². The maximum atomic E-state index is 12.6. The van der Waals surface area contributed by atoms with E-state index in [0.717, 1.165) is 39.4 Å². The molecule has 0 aliphatic carbocycles. The second kappa shape index (κ2) is 5.88. The van der Waals surface area contributed by atoms with E-state index in [4.69, 9.17) is 9.72 Å². The standard InChI is InChI=1S/C21H16N4O2/c1-27-17-9-10-22-16(17)11-13-18-14(24-21(13)26)7-8-15-19(18)25-20(23-15)12-5-3-2-4-6-12/h2-11,22H,1H3,(H,23,25)(H,24,26). The number of benzene rings is 2. The van der Waals surface area contributed by atoms with Crippen molar-refractivity contribution >= 4 is 34.3 Å². The topological polar surface area (TPSA) is 82.8 Å². The Morgan fingerprint density at radius 2 is 1.93 bits per heavy atom. The zero-order valence-corrected chi connectivity index (χ0v) is 14.5. The molecule has 6 heteroatoms. The maximum Gasteiger partial charge on any atom is 0.256 e. The molecule has 0 spiro atoms. The Morgan fingerprint density at radius 3 is 2.74 bits per heavy atom. The van der Waals surface area contributed by atoms with Crippen molar-refractivity contribution in [2.45, 2.75) is 0 Å². The number of nitrogens with zero attached hydrogens (tertiary/aromatic N) is 1. The van der Waals surface area contributed by atoms with Crippen molar-refractivity contribution in [2.75, 3.05) is 12.4 Å². The fourth-order valence-electron chi connectivity index (χ4n) is 3.43. The molecule has 0 fully saturated rings. The molecule has 0 bridgehead atoms. The van der Waals surface area contributed by atoms with Crippen LogP contribution in [0.25, 0.3) is 34.1 Å². The quantitative estimate of drug-likeness (QED) is 0.484. The summed E-state index contributed by atoms with van der Waals surface area (Å²) in [6.45, 7) is 0. The minimum atomic E-state index is -0.154. The molecule has 2 aromatic heterocycles. The van der Waals surface area contributed by atoms with E-state index in [0.29, 0.717) is 11.3 Å². The maximum absolute atomic E-state index is 12.6. The Morgan fingerprint density at radius 1 is 1.07 bits per heavy atom. The third kappa shape index (κ3) is 2.42. The first-order valence-electron chi connectivity index (χ1n) is 8.57. The van der Waals surface area contributed by atoms with Gasteiger partial charge in [0.15, 0.2) is 0 Å². The van der Waals surface area contributed by atoms with E-state index in [9.17, 15) is 4.79 Å². The molecule has 5 rings (SSSR count).